The van der Waals surface area contributed by atoms with Crippen molar-refractivity contribution >= 4 is 6.08 Å². The second-order valence-electron chi connectivity index (χ2n) is 3.10. The molecule has 0 saturated carbocycles. The van der Waals surface area contributed by atoms with Crippen molar-refractivity contribution in [2.75, 3.05) is 6.54 Å². The molecule has 0 aliphatic heterocycles. The van der Waals surface area contributed by atoms with E-state index in [-0.39, 0.29) is 0 Å². The van der Waals surface area contributed by atoms with E-state index in [2.05, 4.69) is 0 Å². The van der Waals surface area contributed by atoms with Crippen LogP contribution in [0.4, 0.5) is 13.2 Å². The minimum absolute atomic E-state index is 0.539. The third-order valence-electron chi connectivity index (χ3n) is 1.88. The number of alkyl halides is 3. The van der Waals surface area contributed by atoms with Crippen molar-refractivity contribution in [2.24, 2.45) is 5.73 Å². The average Bonchev–Trinajstić information content (AvgIpc) is 2.18. The Morgan fingerprint density at radius 3 is 2.20 bits per heavy atom. The summed E-state index contributed by atoms with van der Waals surface area (Å²) in [6, 6.07) is 5.02. The lowest BCUT2D eigenvalue weighted by molar-refractivity contribution is -0.137. The van der Waals surface area contributed by atoms with Gasteiger partial charge in [-0.25, -0.2) is 0 Å². The second-order valence-corrected chi connectivity index (χ2v) is 3.10. The number of halogens is 3. The molecule has 0 unspecified atom stereocenters. The molecular formula is C11H12F3N. The number of hydrogen-bond donors (Lipinski definition) is 1. The molecule has 4 heteroatoms. The molecule has 0 atom stereocenters. The first-order valence-electron chi connectivity index (χ1n) is 4.58. The summed E-state index contributed by atoms with van der Waals surface area (Å²) in [6.07, 6.45) is 0.0517. The minimum atomic E-state index is -4.26. The maximum absolute atomic E-state index is 12.2. The lowest BCUT2D eigenvalue weighted by Gasteiger charge is -2.05. The molecular weight excluding hydrogens is 203 g/mol. The maximum atomic E-state index is 12.2. The molecule has 0 heterocycles. The standard InChI is InChI=1S/C11H12F3N/c12-11(13,14)10-6-4-9(5-7-10)3-1-2-8-15/h1,3-7H,2,8,15H2. The maximum Gasteiger partial charge on any atom is 0.416 e. The largest absolute Gasteiger partial charge is 0.416 e. The van der Waals surface area contributed by atoms with E-state index in [1.54, 1.807) is 6.08 Å². The first kappa shape index (κ1) is 11.8. The van der Waals surface area contributed by atoms with E-state index in [0.717, 1.165) is 24.1 Å². The molecule has 0 fully saturated rings. The van der Waals surface area contributed by atoms with Crippen LogP contribution in [0.5, 0.6) is 0 Å². The van der Waals surface area contributed by atoms with Crippen LogP contribution in [0.1, 0.15) is 17.5 Å². The van der Waals surface area contributed by atoms with Gasteiger partial charge in [0, 0.05) is 0 Å². The second kappa shape index (κ2) is 4.98. The van der Waals surface area contributed by atoms with Crippen molar-refractivity contribution in [3.05, 3.63) is 41.5 Å². The molecule has 1 aromatic carbocycles. The van der Waals surface area contributed by atoms with Crippen LogP contribution < -0.4 is 5.73 Å². The van der Waals surface area contributed by atoms with E-state index in [0.29, 0.717) is 6.54 Å². The van der Waals surface area contributed by atoms with Gasteiger partial charge in [0.15, 0.2) is 0 Å². The smallest absolute Gasteiger partial charge is 0.330 e. The van der Waals surface area contributed by atoms with Crippen LogP contribution in [0.15, 0.2) is 30.3 Å². The average molecular weight is 215 g/mol. The Balaban J connectivity index is 2.73. The summed E-state index contributed by atoms with van der Waals surface area (Å²) >= 11 is 0. The third kappa shape index (κ3) is 3.75. The molecule has 0 aromatic heterocycles. The highest BCUT2D eigenvalue weighted by Crippen LogP contribution is 2.29. The molecule has 0 aliphatic rings. The van der Waals surface area contributed by atoms with Crippen molar-refractivity contribution in [3.8, 4) is 0 Å². The molecule has 0 radical (unpaired) electrons. The van der Waals surface area contributed by atoms with Crippen molar-refractivity contribution in [1.82, 2.24) is 0 Å². The zero-order valence-electron chi connectivity index (χ0n) is 8.09. The molecule has 0 spiro atoms. The summed E-state index contributed by atoms with van der Waals surface area (Å²) in [5.41, 5.74) is 5.39. The summed E-state index contributed by atoms with van der Waals surface area (Å²) in [5.74, 6) is 0. The number of rotatable bonds is 3. The number of hydrogen-bond acceptors (Lipinski definition) is 1. The van der Waals surface area contributed by atoms with Gasteiger partial charge in [-0.3, -0.25) is 0 Å². The molecule has 1 aromatic rings. The Kier molecular flexibility index (Phi) is 3.91. The fraction of sp³-hybridized carbons (Fsp3) is 0.273. The van der Waals surface area contributed by atoms with E-state index < -0.39 is 11.7 Å². The Morgan fingerprint density at radius 2 is 1.73 bits per heavy atom. The quantitative estimate of drug-likeness (QED) is 0.823. The third-order valence-corrected chi connectivity index (χ3v) is 1.88. The highest BCUT2D eigenvalue weighted by Gasteiger charge is 2.29. The van der Waals surface area contributed by atoms with E-state index in [9.17, 15) is 13.2 Å². The van der Waals surface area contributed by atoms with Gasteiger partial charge in [-0.1, -0.05) is 24.3 Å². The van der Waals surface area contributed by atoms with Gasteiger partial charge in [0.1, 0.15) is 0 Å². The molecule has 15 heavy (non-hydrogen) atoms. The Labute approximate surface area is 86.4 Å². The molecule has 0 aliphatic carbocycles. The van der Waals surface area contributed by atoms with Gasteiger partial charge in [0.05, 0.1) is 5.56 Å². The van der Waals surface area contributed by atoms with Crippen LogP contribution in [0.25, 0.3) is 6.08 Å². The molecule has 82 valence electrons. The normalized spacial score (nSPS) is 12.3. The topological polar surface area (TPSA) is 26.0 Å². The van der Waals surface area contributed by atoms with Gasteiger partial charge >= 0.3 is 6.18 Å². The molecule has 1 rings (SSSR count). The van der Waals surface area contributed by atoms with Gasteiger partial charge in [-0.05, 0) is 30.7 Å². The summed E-state index contributed by atoms with van der Waals surface area (Å²) in [5, 5.41) is 0. The van der Waals surface area contributed by atoms with Gasteiger partial charge < -0.3 is 5.73 Å². The van der Waals surface area contributed by atoms with Crippen LogP contribution >= 0.6 is 0 Å². The lowest BCUT2D eigenvalue weighted by Crippen LogP contribution is -2.03. The SMILES string of the molecule is NCCC=Cc1ccc(C(F)(F)F)cc1. The molecule has 0 amide bonds. The van der Waals surface area contributed by atoms with Crippen molar-refractivity contribution < 1.29 is 13.2 Å². The Bertz CT molecular complexity index is 325. The monoisotopic (exact) mass is 215 g/mol. The van der Waals surface area contributed by atoms with Crippen molar-refractivity contribution in [3.63, 3.8) is 0 Å². The van der Waals surface area contributed by atoms with E-state index in [1.165, 1.54) is 12.1 Å². The molecule has 1 nitrogen and oxygen atoms in total. The van der Waals surface area contributed by atoms with E-state index >= 15 is 0 Å². The van der Waals surface area contributed by atoms with Gasteiger partial charge in [-0.15, -0.1) is 0 Å². The van der Waals surface area contributed by atoms with Crippen LogP contribution in [-0.4, -0.2) is 6.54 Å². The predicted octanol–water partition coefficient (Wildman–Crippen LogP) is 3.07. The first-order valence-corrected chi connectivity index (χ1v) is 4.58. The number of nitrogens with two attached hydrogens (primary N) is 1. The summed E-state index contributed by atoms with van der Waals surface area (Å²) in [6.45, 7) is 0.539. The highest BCUT2D eigenvalue weighted by atomic mass is 19.4. The molecule has 0 bridgehead atoms. The summed E-state index contributed by atoms with van der Waals surface area (Å²) < 4.78 is 36.6. The van der Waals surface area contributed by atoms with Crippen molar-refractivity contribution in [1.29, 1.82) is 0 Å². The zero-order chi connectivity index (χ0) is 11.3. The highest BCUT2D eigenvalue weighted by molar-refractivity contribution is 5.49. The van der Waals surface area contributed by atoms with E-state index in [4.69, 9.17) is 5.73 Å². The van der Waals surface area contributed by atoms with Gasteiger partial charge in [0.25, 0.3) is 0 Å². The minimum Gasteiger partial charge on any atom is -0.330 e. The molecule has 2 N–H and O–H groups in total. The first-order chi connectivity index (χ1) is 7.04. The Hall–Kier alpha value is -1.29. The van der Waals surface area contributed by atoms with Crippen LogP contribution in [0.3, 0.4) is 0 Å². The number of benzene rings is 1. The summed E-state index contributed by atoms with van der Waals surface area (Å²) in [7, 11) is 0. The van der Waals surface area contributed by atoms with Gasteiger partial charge in [-0.2, -0.15) is 13.2 Å². The fourth-order valence-corrected chi connectivity index (χ4v) is 1.10. The summed E-state index contributed by atoms with van der Waals surface area (Å²) in [4.78, 5) is 0. The van der Waals surface area contributed by atoms with Gasteiger partial charge in [0.2, 0.25) is 0 Å². The van der Waals surface area contributed by atoms with E-state index in [1.807, 2.05) is 6.08 Å². The zero-order valence-corrected chi connectivity index (χ0v) is 8.09. The molecule has 0 saturated heterocycles. The van der Waals surface area contributed by atoms with Crippen molar-refractivity contribution in [2.45, 2.75) is 12.6 Å². The van der Waals surface area contributed by atoms with Crippen LogP contribution in [0.2, 0.25) is 0 Å². The fourth-order valence-electron chi connectivity index (χ4n) is 1.10. The Morgan fingerprint density at radius 1 is 1.13 bits per heavy atom. The van der Waals surface area contributed by atoms with Crippen LogP contribution in [0, 0.1) is 0 Å². The van der Waals surface area contributed by atoms with Crippen LogP contribution in [-0.2, 0) is 6.18 Å². The lowest BCUT2D eigenvalue weighted by atomic mass is 10.1. The predicted molar refractivity (Wildman–Crippen MR) is 54.1 cm³/mol.